The summed E-state index contributed by atoms with van der Waals surface area (Å²) in [5.74, 6) is 1.16. The van der Waals surface area contributed by atoms with Crippen LogP contribution in [0, 0.1) is 5.92 Å². The third-order valence-corrected chi connectivity index (χ3v) is 5.32. The van der Waals surface area contributed by atoms with Gasteiger partial charge in [-0.2, -0.15) is 4.98 Å². The minimum Gasteiger partial charge on any atom is -0.394 e. The monoisotopic (exact) mass is 428 g/mol. The summed E-state index contributed by atoms with van der Waals surface area (Å²) >= 11 is 3.39. The second-order valence-corrected chi connectivity index (χ2v) is 8.86. The molecule has 1 aromatic heterocycles. The number of hydrogen-bond acceptors (Lipinski definition) is 7. The maximum absolute atomic E-state index is 11.5. The van der Waals surface area contributed by atoms with Gasteiger partial charge in [-0.15, -0.1) is 0 Å². The predicted octanol–water partition coefficient (Wildman–Crippen LogP) is 2.82. The van der Waals surface area contributed by atoms with Gasteiger partial charge in [-0.1, -0.05) is 13.8 Å². The first-order chi connectivity index (χ1) is 11.7. The zero-order valence-electron chi connectivity index (χ0n) is 14.2. The summed E-state index contributed by atoms with van der Waals surface area (Å²) < 4.78 is 23.7. The summed E-state index contributed by atoms with van der Waals surface area (Å²) in [6.07, 6.45) is 2.77. The number of hydrogen-bond donors (Lipinski definition) is 3. The van der Waals surface area contributed by atoms with Gasteiger partial charge >= 0.3 is 0 Å². The first kappa shape index (κ1) is 19.6. The number of nitrogens with one attached hydrogen (secondary N) is 2. The van der Waals surface area contributed by atoms with Crippen LogP contribution in [-0.2, 0) is 9.84 Å². The van der Waals surface area contributed by atoms with E-state index in [1.807, 2.05) is 13.8 Å². The SMILES string of the molecule is CC(C)C(CO)Nc1nc(Nc2ccc(S(C)(=O)=O)cc2)ncc1Br. The molecule has 0 aliphatic heterocycles. The zero-order valence-corrected chi connectivity index (χ0v) is 16.6. The number of anilines is 3. The molecule has 0 aliphatic rings. The molecule has 0 saturated carbocycles. The van der Waals surface area contributed by atoms with Crippen molar-refractivity contribution in [1.29, 1.82) is 0 Å². The summed E-state index contributed by atoms with van der Waals surface area (Å²) in [6, 6.07) is 6.22. The van der Waals surface area contributed by atoms with Crippen molar-refractivity contribution < 1.29 is 13.5 Å². The minimum atomic E-state index is -3.23. The van der Waals surface area contributed by atoms with Crippen LogP contribution >= 0.6 is 15.9 Å². The van der Waals surface area contributed by atoms with Gasteiger partial charge < -0.3 is 15.7 Å². The van der Waals surface area contributed by atoms with Crippen molar-refractivity contribution in [2.24, 2.45) is 5.92 Å². The number of sulfone groups is 1. The van der Waals surface area contributed by atoms with Crippen molar-refractivity contribution in [3.8, 4) is 0 Å². The number of aliphatic hydroxyl groups is 1. The van der Waals surface area contributed by atoms with Crippen LogP contribution in [0.3, 0.4) is 0 Å². The molecule has 0 amide bonds. The maximum atomic E-state index is 11.5. The molecule has 1 atom stereocenters. The van der Waals surface area contributed by atoms with Gasteiger partial charge in [-0.05, 0) is 46.1 Å². The highest BCUT2D eigenvalue weighted by Gasteiger charge is 2.15. The van der Waals surface area contributed by atoms with Crippen LogP contribution in [0.2, 0.25) is 0 Å². The Morgan fingerprint density at radius 3 is 2.40 bits per heavy atom. The number of aromatic nitrogens is 2. The van der Waals surface area contributed by atoms with Crippen LogP contribution in [0.25, 0.3) is 0 Å². The second kappa shape index (κ2) is 8.11. The molecule has 3 N–H and O–H groups in total. The topological polar surface area (TPSA) is 104 Å². The highest BCUT2D eigenvalue weighted by atomic mass is 79.9. The average molecular weight is 429 g/mol. The highest BCUT2D eigenvalue weighted by molar-refractivity contribution is 9.10. The zero-order chi connectivity index (χ0) is 18.6. The molecule has 1 heterocycles. The van der Waals surface area contributed by atoms with E-state index in [9.17, 15) is 13.5 Å². The second-order valence-electron chi connectivity index (χ2n) is 5.99. The molecular formula is C16H21BrN4O3S. The smallest absolute Gasteiger partial charge is 0.229 e. The number of aliphatic hydroxyl groups excluding tert-OH is 1. The summed E-state index contributed by atoms with van der Waals surface area (Å²) in [7, 11) is -3.23. The van der Waals surface area contributed by atoms with Crippen molar-refractivity contribution in [2.45, 2.75) is 24.8 Å². The maximum Gasteiger partial charge on any atom is 0.229 e. The first-order valence-electron chi connectivity index (χ1n) is 7.67. The van der Waals surface area contributed by atoms with Gasteiger partial charge in [0.05, 0.1) is 22.0 Å². The van der Waals surface area contributed by atoms with E-state index in [0.717, 1.165) is 6.26 Å². The van der Waals surface area contributed by atoms with Gasteiger partial charge in [0.2, 0.25) is 5.95 Å². The highest BCUT2D eigenvalue weighted by Crippen LogP contribution is 2.24. The van der Waals surface area contributed by atoms with E-state index in [-0.39, 0.29) is 23.5 Å². The standard InChI is InChI=1S/C16H21BrN4O3S/c1-10(2)14(9-22)20-15-13(17)8-18-16(21-15)19-11-4-6-12(7-5-11)25(3,23)24/h4-8,10,14,22H,9H2,1-3H3,(H2,18,19,20,21). The van der Waals surface area contributed by atoms with Crippen LogP contribution in [0.1, 0.15) is 13.8 Å². The normalized spacial score (nSPS) is 12.9. The van der Waals surface area contributed by atoms with Crippen molar-refractivity contribution >= 4 is 43.2 Å². The molecule has 7 nitrogen and oxygen atoms in total. The molecule has 1 aromatic carbocycles. The molecule has 0 saturated heterocycles. The Labute approximate surface area is 156 Å². The molecule has 0 radical (unpaired) electrons. The Bertz CT molecular complexity index is 826. The van der Waals surface area contributed by atoms with E-state index in [2.05, 4.69) is 36.5 Å². The molecule has 0 aliphatic carbocycles. The lowest BCUT2D eigenvalue weighted by Crippen LogP contribution is -2.30. The first-order valence-corrected chi connectivity index (χ1v) is 10.4. The van der Waals surface area contributed by atoms with Crippen LogP contribution in [0.5, 0.6) is 0 Å². The number of nitrogens with zero attached hydrogens (tertiary/aromatic N) is 2. The molecule has 0 bridgehead atoms. The van der Waals surface area contributed by atoms with E-state index in [0.29, 0.717) is 21.9 Å². The quantitative estimate of drug-likeness (QED) is 0.622. The van der Waals surface area contributed by atoms with Crippen molar-refractivity contribution in [3.05, 3.63) is 34.9 Å². The lowest BCUT2D eigenvalue weighted by molar-refractivity contribution is 0.249. The molecule has 2 aromatic rings. The van der Waals surface area contributed by atoms with E-state index in [1.54, 1.807) is 18.3 Å². The minimum absolute atomic E-state index is 0.0101. The third-order valence-electron chi connectivity index (χ3n) is 3.61. The Hall–Kier alpha value is -1.71. The van der Waals surface area contributed by atoms with E-state index < -0.39 is 9.84 Å². The number of rotatable bonds is 7. The average Bonchev–Trinajstić information content (AvgIpc) is 2.54. The van der Waals surface area contributed by atoms with Crippen molar-refractivity contribution in [1.82, 2.24) is 9.97 Å². The summed E-state index contributed by atoms with van der Waals surface area (Å²) in [5.41, 5.74) is 0.670. The van der Waals surface area contributed by atoms with Crippen LogP contribution in [-0.4, -0.2) is 42.4 Å². The Morgan fingerprint density at radius 2 is 1.88 bits per heavy atom. The number of benzene rings is 1. The fraction of sp³-hybridized carbons (Fsp3) is 0.375. The molecule has 25 heavy (non-hydrogen) atoms. The van der Waals surface area contributed by atoms with Crippen molar-refractivity contribution in [2.75, 3.05) is 23.5 Å². The molecule has 2 rings (SSSR count). The van der Waals surface area contributed by atoms with Gasteiger partial charge in [-0.3, -0.25) is 0 Å². The molecular weight excluding hydrogens is 408 g/mol. The lowest BCUT2D eigenvalue weighted by Gasteiger charge is -2.21. The molecule has 0 spiro atoms. The molecule has 1 unspecified atom stereocenters. The summed E-state index contributed by atoms with van der Waals surface area (Å²) in [5, 5.41) is 15.7. The summed E-state index contributed by atoms with van der Waals surface area (Å²) in [6.45, 7) is 4.00. The van der Waals surface area contributed by atoms with Gasteiger partial charge in [0.15, 0.2) is 9.84 Å². The van der Waals surface area contributed by atoms with Gasteiger partial charge in [0, 0.05) is 18.1 Å². The molecule has 136 valence electrons. The predicted molar refractivity (Wildman–Crippen MR) is 102 cm³/mol. The fourth-order valence-electron chi connectivity index (χ4n) is 2.04. The van der Waals surface area contributed by atoms with E-state index >= 15 is 0 Å². The fourth-order valence-corrected chi connectivity index (χ4v) is 2.98. The van der Waals surface area contributed by atoms with E-state index in [1.165, 1.54) is 12.1 Å². The van der Waals surface area contributed by atoms with E-state index in [4.69, 9.17) is 0 Å². The Morgan fingerprint density at radius 1 is 1.24 bits per heavy atom. The molecule has 0 fully saturated rings. The Balaban J connectivity index is 2.19. The van der Waals surface area contributed by atoms with Crippen molar-refractivity contribution in [3.63, 3.8) is 0 Å². The third kappa shape index (κ3) is 5.38. The largest absolute Gasteiger partial charge is 0.394 e. The Kier molecular flexibility index (Phi) is 6.36. The van der Waals surface area contributed by atoms with Gasteiger partial charge in [0.1, 0.15) is 5.82 Å². The van der Waals surface area contributed by atoms with Crippen LogP contribution in [0.15, 0.2) is 39.8 Å². The van der Waals surface area contributed by atoms with Crippen LogP contribution in [0.4, 0.5) is 17.5 Å². The molecule has 9 heteroatoms. The summed E-state index contributed by atoms with van der Waals surface area (Å²) in [4.78, 5) is 8.84. The number of halogens is 1. The lowest BCUT2D eigenvalue weighted by atomic mass is 10.1. The van der Waals surface area contributed by atoms with Gasteiger partial charge in [-0.25, -0.2) is 13.4 Å². The van der Waals surface area contributed by atoms with Crippen LogP contribution < -0.4 is 10.6 Å². The van der Waals surface area contributed by atoms with Gasteiger partial charge in [0.25, 0.3) is 0 Å².